The first kappa shape index (κ1) is 17.7. The van der Waals surface area contributed by atoms with Crippen molar-refractivity contribution < 1.29 is 4.74 Å². The molecule has 0 atom stereocenters. The van der Waals surface area contributed by atoms with Crippen molar-refractivity contribution in [1.82, 2.24) is 4.98 Å². The molecule has 0 aliphatic carbocycles. The van der Waals surface area contributed by atoms with Crippen LogP contribution >= 0.6 is 11.3 Å². The van der Waals surface area contributed by atoms with Gasteiger partial charge in [0.25, 0.3) is 0 Å². The van der Waals surface area contributed by atoms with Crippen LogP contribution in [0.15, 0.2) is 91.0 Å². The number of rotatable bonds is 5. The Labute approximate surface area is 173 Å². The van der Waals surface area contributed by atoms with Gasteiger partial charge in [0.2, 0.25) is 0 Å². The van der Waals surface area contributed by atoms with Crippen molar-refractivity contribution in [2.75, 3.05) is 0 Å². The molecule has 5 aromatic rings. The van der Waals surface area contributed by atoms with Gasteiger partial charge in [-0.25, -0.2) is 4.98 Å². The molecule has 1 aromatic heterocycles. The van der Waals surface area contributed by atoms with Gasteiger partial charge in [0.1, 0.15) is 17.4 Å². The third-order valence-electron chi connectivity index (χ3n) is 4.86. The maximum atomic E-state index is 6.06. The van der Waals surface area contributed by atoms with Crippen LogP contribution in [0.2, 0.25) is 0 Å². The smallest absolute Gasteiger partial charge is 0.127 e. The van der Waals surface area contributed by atoms with E-state index in [1.165, 1.54) is 15.5 Å². The third kappa shape index (κ3) is 3.78. The van der Waals surface area contributed by atoms with E-state index in [2.05, 4.69) is 66.7 Å². The fourth-order valence-electron chi connectivity index (χ4n) is 3.40. The molecule has 0 bridgehead atoms. The summed E-state index contributed by atoms with van der Waals surface area (Å²) in [6, 6.07) is 31.0. The molecule has 0 N–H and O–H groups in total. The fraction of sp³-hybridized carbons (Fsp3) is 0.0385. The summed E-state index contributed by atoms with van der Waals surface area (Å²) in [6.07, 6.45) is 4.16. The van der Waals surface area contributed by atoms with Crippen LogP contribution in [-0.4, -0.2) is 4.98 Å². The Morgan fingerprint density at radius 2 is 1.55 bits per heavy atom. The van der Waals surface area contributed by atoms with Gasteiger partial charge in [0, 0.05) is 10.9 Å². The highest BCUT2D eigenvalue weighted by Gasteiger charge is 2.06. The Balaban J connectivity index is 1.42. The molecule has 0 saturated heterocycles. The minimum absolute atomic E-state index is 0.554. The van der Waals surface area contributed by atoms with Crippen molar-refractivity contribution in [1.29, 1.82) is 0 Å². The molecule has 0 aliphatic rings. The first-order chi connectivity index (χ1) is 14.4. The van der Waals surface area contributed by atoms with Gasteiger partial charge in [-0.1, -0.05) is 78.9 Å². The van der Waals surface area contributed by atoms with Crippen LogP contribution in [-0.2, 0) is 6.61 Å². The molecule has 5 rings (SSSR count). The number of hydrogen-bond donors (Lipinski definition) is 0. The number of aromatic nitrogens is 1. The summed E-state index contributed by atoms with van der Waals surface area (Å²) in [5, 5.41) is 3.42. The largest absolute Gasteiger partial charge is 0.488 e. The first-order valence-corrected chi connectivity index (χ1v) is 10.4. The van der Waals surface area contributed by atoms with E-state index in [0.29, 0.717) is 6.61 Å². The standard InChI is InChI=1S/C26H19NOS/c1-2-8-19(9-3-1)18-28-23-13-7-5-11-21(23)15-17-25-27-26-22-12-6-4-10-20(22)14-16-24(26)29-25/h1-17H,18H2. The molecule has 0 spiro atoms. The molecule has 3 heteroatoms. The Kier molecular flexibility index (Phi) is 4.81. The van der Waals surface area contributed by atoms with E-state index in [1.807, 2.05) is 36.4 Å². The molecule has 0 radical (unpaired) electrons. The molecular formula is C26H19NOS. The Morgan fingerprint density at radius 3 is 2.48 bits per heavy atom. The normalized spacial score (nSPS) is 11.4. The van der Waals surface area contributed by atoms with Gasteiger partial charge in [0.15, 0.2) is 0 Å². The zero-order valence-corrected chi connectivity index (χ0v) is 16.6. The Bertz CT molecular complexity index is 1300. The molecular weight excluding hydrogens is 374 g/mol. The molecule has 4 aromatic carbocycles. The number of benzene rings is 4. The topological polar surface area (TPSA) is 22.1 Å². The maximum absolute atomic E-state index is 6.06. The van der Waals surface area contributed by atoms with Crippen molar-refractivity contribution in [3.63, 3.8) is 0 Å². The van der Waals surface area contributed by atoms with Gasteiger partial charge in [-0.2, -0.15) is 0 Å². The van der Waals surface area contributed by atoms with Crippen LogP contribution in [0, 0.1) is 0 Å². The SMILES string of the molecule is C(=Cc1ccccc1OCc1ccccc1)c1nc2c(ccc3ccccc32)s1. The second-order valence-electron chi connectivity index (χ2n) is 6.83. The maximum Gasteiger partial charge on any atom is 0.127 e. The minimum Gasteiger partial charge on any atom is -0.488 e. The summed E-state index contributed by atoms with van der Waals surface area (Å²) in [4.78, 5) is 4.87. The predicted octanol–water partition coefficient (Wildman–Crippen LogP) is 7.20. The second kappa shape index (κ2) is 7.90. The Morgan fingerprint density at radius 1 is 0.759 bits per heavy atom. The van der Waals surface area contributed by atoms with E-state index in [9.17, 15) is 0 Å². The third-order valence-corrected chi connectivity index (χ3v) is 5.85. The molecule has 140 valence electrons. The van der Waals surface area contributed by atoms with Crippen molar-refractivity contribution in [2.45, 2.75) is 6.61 Å². The van der Waals surface area contributed by atoms with Crippen LogP contribution < -0.4 is 4.74 Å². The minimum atomic E-state index is 0.554. The second-order valence-corrected chi connectivity index (χ2v) is 7.89. The zero-order chi connectivity index (χ0) is 19.5. The molecule has 0 unspecified atom stereocenters. The average molecular weight is 394 g/mol. The summed E-state index contributed by atoms with van der Waals surface area (Å²) in [6.45, 7) is 0.554. The molecule has 0 amide bonds. The number of para-hydroxylation sites is 1. The van der Waals surface area contributed by atoms with E-state index in [1.54, 1.807) is 11.3 Å². The summed E-state index contributed by atoms with van der Waals surface area (Å²) < 4.78 is 7.27. The monoisotopic (exact) mass is 393 g/mol. The van der Waals surface area contributed by atoms with Gasteiger partial charge in [-0.05, 0) is 35.2 Å². The van der Waals surface area contributed by atoms with E-state index in [0.717, 1.165) is 27.4 Å². The van der Waals surface area contributed by atoms with E-state index in [-0.39, 0.29) is 0 Å². The van der Waals surface area contributed by atoms with Crippen molar-refractivity contribution >= 4 is 44.5 Å². The van der Waals surface area contributed by atoms with Gasteiger partial charge < -0.3 is 4.74 Å². The molecule has 0 fully saturated rings. The summed E-state index contributed by atoms with van der Waals surface area (Å²) in [5.74, 6) is 0.874. The van der Waals surface area contributed by atoms with Crippen LogP contribution in [0.1, 0.15) is 16.1 Å². The van der Waals surface area contributed by atoms with Crippen LogP contribution in [0.4, 0.5) is 0 Å². The number of hydrogen-bond acceptors (Lipinski definition) is 3. The number of fused-ring (bicyclic) bond motifs is 3. The summed E-state index contributed by atoms with van der Waals surface area (Å²) in [5.41, 5.74) is 3.28. The molecule has 29 heavy (non-hydrogen) atoms. The zero-order valence-electron chi connectivity index (χ0n) is 15.8. The highest BCUT2D eigenvalue weighted by Crippen LogP contribution is 2.30. The van der Waals surface area contributed by atoms with Gasteiger partial charge in [-0.15, -0.1) is 11.3 Å². The van der Waals surface area contributed by atoms with Crippen LogP contribution in [0.5, 0.6) is 5.75 Å². The molecule has 2 nitrogen and oxygen atoms in total. The van der Waals surface area contributed by atoms with Crippen molar-refractivity contribution in [3.05, 3.63) is 107 Å². The first-order valence-electron chi connectivity index (χ1n) is 9.59. The highest BCUT2D eigenvalue weighted by atomic mass is 32.1. The van der Waals surface area contributed by atoms with E-state index >= 15 is 0 Å². The van der Waals surface area contributed by atoms with Gasteiger partial charge in [0.05, 0.1) is 10.2 Å². The highest BCUT2D eigenvalue weighted by molar-refractivity contribution is 7.19. The average Bonchev–Trinajstić information content (AvgIpc) is 3.21. The van der Waals surface area contributed by atoms with Crippen molar-refractivity contribution in [2.24, 2.45) is 0 Å². The predicted molar refractivity (Wildman–Crippen MR) is 123 cm³/mol. The van der Waals surface area contributed by atoms with Crippen LogP contribution in [0.3, 0.4) is 0 Å². The number of nitrogens with zero attached hydrogens (tertiary/aromatic N) is 1. The van der Waals surface area contributed by atoms with Gasteiger partial charge >= 0.3 is 0 Å². The number of ether oxygens (including phenoxy) is 1. The summed E-state index contributed by atoms with van der Waals surface area (Å²) in [7, 11) is 0. The lowest BCUT2D eigenvalue weighted by Gasteiger charge is -2.09. The summed E-state index contributed by atoms with van der Waals surface area (Å²) >= 11 is 1.71. The van der Waals surface area contributed by atoms with Crippen LogP contribution in [0.25, 0.3) is 33.1 Å². The lowest BCUT2D eigenvalue weighted by atomic mass is 10.1. The van der Waals surface area contributed by atoms with Crippen molar-refractivity contribution in [3.8, 4) is 5.75 Å². The molecule has 1 heterocycles. The Hall–Kier alpha value is -3.43. The number of thiazole rings is 1. The quantitative estimate of drug-likeness (QED) is 0.315. The fourth-order valence-corrected chi connectivity index (χ4v) is 4.28. The molecule has 0 saturated carbocycles. The van der Waals surface area contributed by atoms with Gasteiger partial charge in [-0.3, -0.25) is 0 Å². The van der Waals surface area contributed by atoms with E-state index in [4.69, 9.17) is 9.72 Å². The lowest BCUT2D eigenvalue weighted by molar-refractivity contribution is 0.305. The molecule has 0 aliphatic heterocycles. The lowest BCUT2D eigenvalue weighted by Crippen LogP contribution is -1.96. The van der Waals surface area contributed by atoms with E-state index < -0.39 is 0 Å².